The van der Waals surface area contributed by atoms with Crippen molar-refractivity contribution in [1.29, 1.82) is 5.26 Å². The van der Waals surface area contributed by atoms with Crippen molar-refractivity contribution >= 4 is 27.5 Å². The van der Waals surface area contributed by atoms with Crippen molar-refractivity contribution in [2.75, 3.05) is 5.12 Å². The van der Waals surface area contributed by atoms with Crippen molar-refractivity contribution in [3.8, 4) is 6.07 Å². The Morgan fingerprint density at radius 2 is 2.10 bits per heavy atom. The largest absolute Gasteiger partial charge is 0.391 e. The number of nitrogens with zero attached hydrogens (tertiary/aromatic N) is 2. The molecular formula is C11H8BrF4N3O. The molecule has 0 aromatic heterocycles. The standard InChI is InChI=1S/C11H8BrF4N3O/c12-8-3-7(2-1-6(8)5-17)19(16)9(10(18)20)4-11(13,14)15/h1-3,9H,4H2,(H2,18,20). The van der Waals surface area contributed by atoms with E-state index in [-0.39, 0.29) is 20.8 Å². The van der Waals surface area contributed by atoms with E-state index in [9.17, 15) is 22.4 Å². The number of alkyl halides is 3. The van der Waals surface area contributed by atoms with E-state index in [1.165, 1.54) is 6.07 Å². The van der Waals surface area contributed by atoms with Crippen LogP contribution in [0.4, 0.5) is 23.3 Å². The summed E-state index contributed by atoms with van der Waals surface area (Å²) in [6.07, 6.45) is -6.45. The smallest absolute Gasteiger partial charge is 0.368 e. The molecule has 0 fully saturated rings. The van der Waals surface area contributed by atoms with Gasteiger partial charge in [0.15, 0.2) is 0 Å². The third-order valence-corrected chi connectivity index (χ3v) is 3.00. The van der Waals surface area contributed by atoms with Gasteiger partial charge in [0.25, 0.3) is 0 Å². The molecule has 0 saturated heterocycles. The molecule has 108 valence electrons. The Labute approximate surface area is 119 Å². The highest BCUT2D eigenvalue weighted by Crippen LogP contribution is 2.30. The molecule has 0 aliphatic rings. The second-order valence-corrected chi connectivity index (χ2v) is 4.68. The first-order valence-corrected chi connectivity index (χ1v) is 5.95. The van der Waals surface area contributed by atoms with Crippen LogP contribution in [-0.2, 0) is 4.79 Å². The second-order valence-electron chi connectivity index (χ2n) is 3.82. The number of hydrogen-bond donors (Lipinski definition) is 1. The Balaban J connectivity index is 3.07. The monoisotopic (exact) mass is 353 g/mol. The number of benzene rings is 1. The van der Waals surface area contributed by atoms with Gasteiger partial charge < -0.3 is 5.73 Å². The number of carbonyl (C=O) groups is 1. The van der Waals surface area contributed by atoms with Gasteiger partial charge in [0.2, 0.25) is 5.91 Å². The maximum atomic E-state index is 13.9. The summed E-state index contributed by atoms with van der Waals surface area (Å²) in [5, 5.41) is 8.33. The molecule has 0 radical (unpaired) electrons. The normalized spacial score (nSPS) is 12.6. The molecule has 0 aliphatic heterocycles. The summed E-state index contributed by atoms with van der Waals surface area (Å²) in [5.74, 6) is -1.44. The molecule has 0 spiro atoms. The first kappa shape index (κ1) is 16.2. The number of hydrogen-bond acceptors (Lipinski definition) is 3. The van der Waals surface area contributed by atoms with Gasteiger partial charge in [-0.3, -0.25) is 4.79 Å². The van der Waals surface area contributed by atoms with Gasteiger partial charge in [-0.25, -0.2) is 0 Å². The first-order valence-electron chi connectivity index (χ1n) is 5.16. The fourth-order valence-corrected chi connectivity index (χ4v) is 1.87. The highest BCUT2D eigenvalue weighted by Gasteiger charge is 2.38. The zero-order valence-electron chi connectivity index (χ0n) is 9.79. The topological polar surface area (TPSA) is 70.1 Å². The van der Waals surface area contributed by atoms with E-state index < -0.39 is 24.5 Å². The SMILES string of the molecule is N#Cc1ccc(N(F)C(CC(F)(F)F)C(N)=O)cc1Br. The number of primary amides is 1. The van der Waals surface area contributed by atoms with Gasteiger partial charge >= 0.3 is 6.18 Å². The molecule has 1 aromatic rings. The third-order valence-electron chi connectivity index (χ3n) is 2.35. The van der Waals surface area contributed by atoms with Crippen molar-refractivity contribution in [2.24, 2.45) is 5.73 Å². The maximum absolute atomic E-state index is 13.9. The average Bonchev–Trinajstić information content (AvgIpc) is 2.33. The molecule has 9 heteroatoms. The molecule has 0 heterocycles. The Morgan fingerprint density at radius 1 is 1.50 bits per heavy atom. The summed E-state index contributed by atoms with van der Waals surface area (Å²) in [6, 6.07) is 2.99. The second kappa shape index (κ2) is 6.09. The van der Waals surface area contributed by atoms with E-state index in [0.717, 1.165) is 12.1 Å². The summed E-state index contributed by atoms with van der Waals surface area (Å²) in [5.41, 5.74) is 4.65. The molecule has 0 saturated carbocycles. The van der Waals surface area contributed by atoms with Crippen LogP contribution in [-0.4, -0.2) is 18.1 Å². The van der Waals surface area contributed by atoms with Crippen molar-refractivity contribution in [3.63, 3.8) is 0 Å². The fourth-order valence-electron chi connectivity index (χ4n) is 1.42. The molecule has 0 aliphatic carbocycles. The van der Waals surface area contributed by atoms with Gasteiger partial charge in [-0.1, -0.05) is 4.48 Å². The molecule has 1 amide bonds. The van der Waals surface area contributed by atoms with Gasteiger partial charge in [0, 0.05) is 4.47 Å². The van der Waals surface area contributed by atoms with Crippen LogP contribution >= 0.6 is 15.9 Å². The van der Waals surface area contributed by atoms with Crippen LogP contribution in [0.3, 0.4) is 0 Å². The Kier molecular flexibility index (Phi) is 4.94. The van der Waals surface area contributed by atoms with Crippen molar-refractivity contribution in [1.82, 2.24) is 0 Å². The minimum atomic E-state index is -4.74. The van der Waals surface area contributed by atoms with Crippen LogP contribution in [0.25, 0.3) is 0 Å². The van der Waals surface area contributed by atoms with E-state index in [4.69, 9.17) is 11.0 Å². The summed E-state index contributed by atoms with van der Waals surface area (Å²) in [6.45, 7) is 0. The van der Waals surface area contributed by atoms with Gasteiger partial charge in [0.05, 0.1) is 17.7 Å². The Bertz CT molecular complexity index is 556. The average molecular weight is 354 g/mol. The van der Waals surface area contributed by atoms with Gasteiger partial charge in [-0.05, 0) is 34.1 Å². The molecule has 1 atom stereocenters. The number of anilines is 1. The maximum Gasteiger partial charge on any atom is 0.391 e. The minimum Gasteiger partial charge on any atom is -0.368 e. The Hall–Kier alpha value is -1.82. The number of nitriles is 1. The molecule has 2 N–H and O–H groups in total. The minimum absolute atomic E-state index is 0.175. The van der Waals surface area contributed by atoms with Crippen molar-refractivity contribution in [2.45, 2.75) is 18.6 Å². The predicted octanol–water partition coefficient (Wildman–Crippen LogP) is 2.82. The zero-order valence-corrected chi connectivity index (χ0v) is 11.4. The number of carbonyl (C=O) groups excluding carboxylic acids is 1. The quantitative estimate of drug-likeness (QED) is 0.668. The lowest BCUT2D eigenvalue weighted by Gasteiger charge is -2.23. The zero-order chi connectivity index (χ0) is 15.5. The van der Waals surface area contributed by atoms with Crippen LogP contribution in [0, 0.1) is 11.3 Å². The molecule has 1 unspecified atom stereocenters. The van der Waals surface area contributed by atoms with E-state index in [1.807, 2.05) is 0 Å². The van der Waals surface area contributed by atoms with Crippen LogP contribution in [0.15, 0.2) is 22.7 Å². The molecule has 1 aromatic carbocycles. The summed E-state index contributed by atoms with van der Waals surface area (Å²) in [7, 11) is 0. The Morgan fingerprint density at radius 3 is 2.50 bits per heavy atom. The number of halogens is 5. The molecule has 20 heavy (non-hydrogen) atoms. The summed E-state index contributed by atoms with van der Waals surface area (Å²) < 4.78 is 51.0. The van der Waals surface area contributed by atoms with E-state index in [2.05, 4.69) is 15.9 Å². The molecule has 4 nitrogen and oxygen atoms in total. The van der Waals surface area contributed by atoms with Crippen LogP contribution < -0.4 is 10.9 Å². The summed E-state index contributed by atoms with van der Waals surface area (Å²) >= 11 is 2.97. The van der Waals surface area contributed by atoms with Crippen LogP contribution in [0.2, 0.25) is 0 Å². The van der Waals surface area contributed by atoms with Gasteiger partial charge in [-0.2, -0.15) is 23.6 Å². The highest BCUT2D eigenvalue weighted by molar-refractivity contribution is 9.10. The first-order chi connectivity index (χ1) is 9.15. The van der Waals surface area contributed by atoms with Crippen LogP contribution in [0.5, 0.6) is 0 Å². The molecular weight excluding hydrogens is 346 g/mol. The number of rotatable bonds is 4. The van der Waals surface area contributed by atoms with Crippen LogP contribution in [0.1, 0.15) is 12.0 Å². The predicted molar refractivity (Wildman–Crippen MR) is 66.1 cm³/mol. The lowest BCUT2D eigenvalue weighted by atomic mass is 10.1. The van der Waals surface area contributed by atoms with E-state index >= 15 is 0 Å². The number of amides is 1. The van der Waals surface area contributed by atoms with Gasteiger partial charge in [0.1, 0.15) is 12.1 Å². The molecule has 0 bridgehead atoms. The highest BCUT2D eigenvalue weighted by atomic mass is 79.9. The third kappa shape index (κ3) is 4.09. The lowest BCUT2D eigenvalue weighted by molar-refractivity contribution is -0.148. The van der Waals surface area contributed by atoms with Gasteiger partial charge in [-0.15, -0.1) is 0 Å². The summed E-state index contributed by atoms with van der Waals surface area (Å²) in [4.78, 5) is 11.0. The van der Waals surface area contributed by atoms with Crippen molar-refractivity contribution in [3.05, 3.63) is 28.2 Å². The van der Waals surface area contributed by atoms with Crippen molar-refractivity contribution < 1.29 is 22.4 Å². The lowest BCUT2D eigenvalue weighted by Crippen LogP contribution is -2.43. The van der Waals surface area contributed by atoms with E-state index in [1.54, 1.807) is 6.07 Å². The van der Waals surface area contributed by atoms with E-state index in [0.29, 0.717) is 0 Å². The fraction of sp³-hybridized carbons (Fsp3) is 0.273. The molecule has 1 rings (SSSR count). The number of nitrogens with two attached hydrogens (primary N) is 1.